The van der Waals surface area contributed by atoms with Crippen LogP contribution in [-0.2, 0) is 9.84 Å². The van der Waals surface area contributed by atoms with Crippen molar-refractivity contribution in [2.24, 2.45) is 0 Å². The lowest BCUT2D eigenvalue weighted by molar-refractivity contribution is 0.0949. The largest absolute Gasteiger partial charge is 0.351 e. The number of nitrogens with one attached hydrogen (secondary N) is 1. The van der Waals surface area contributed by atoms with Gasteiger partial charge in [-0.1, -0.05) is 31.0 Å². The fourth-order valence-corrected chi connectivity index (χ4v) is 6.43. The number of benzene rings is 2. The van der Waals surface area contributed by atoms with Crippen LogP contribution in [0.3, 0.4) is 0 Å². The third-order valence-electron chi connectivity index (χ3n) is 5.34. The Kier molecular flexibility index (Phi) is 7.57. The Hall–Kier alpha value is -2.30. The highest BCUT2D eigenvalue weighted by Gasteiger charge is 2.35. The fourth-order valence-electron chi connectivity index (χ4n) is 3.69. The molecule has 0 unspecified atom stereocenters. The highest BCUT2D eigenvalue weighted by molar-refractivity contribution is 8.00. The van der Waals surface area contributed by atoms with E-state index in [4.69, 9.17) is 5.26 Å². The quantitative estimate of drug-likeness (QED) is 0.574. The van der Waals surface area contributed by atoms with Crippen LogP contribution in [0.1, 0.15) is 48.9 Å². The smallest absolute Gasteiger partial charge is 0.251 e. The molecule has 0 spiro atoms. The van der Waals surface area contributed by atoms with Crippen LogP contribution in [0.2, 0.25) is 0 Å². The summed E-state index contributed by atoms with van der Waals surface area (Å²) in [6.45, 7) is 0.583. The van der Waals surface area contributed by atoms with E-state index in [1.54, 1.807) is 12.1 Å². The average Bonchev–Trinajstić information content (AvgIpc) is 3.21. The zero-order valence-corrected chi connectivity index (χ0v) is 18.5. The van der Waals surface area contributed by atoms with Crippen LogP contribution in [0.25, 0.3) is 0 Å². The number of thioether (sulfide) groups is 1. The molecule has 30 heavy (non-hydrogen) atoms. The maximum Gasteiger partial charge on any atom is 0.251 e. The highest BCUT2D eigenvalue weighted by atomic mass is 32.2. The number of nitrogens with zero attached hydrogens (tertiary/aromatic N) is 1. The van der Waals surface area contributed by atoms with Crippen LogP contribution in [0.15, 0.2) is 64.4 Å². The van der Waals surface area contributed by atoms with E-state index >= 15 is 0 Å². The minimum Gasteiger partial charge on any atom is -0.351 e. The first-order valence-electron chi connectivity index (χ1n) is 10.2. The van der Waals surface area contributed by atoms with Gasteiger partial charge in [-0.2, -0.15) is 5.26 Å². The van der Waals surface area contributed by atoms with Gasteiger partial charge in [0.25, 0.3) is 5.91 Å². The van der Waals surface area contributed by atoms with Gasteiger partial charge in [-0.15, -0.1) is 11.8 Å². The molecule has 1 N–H and O–H groups in total. The van der Waals surface area contributed by atoms with Gasteiger partial charge in [-0.3, -0.25) is 4.79 Å². The number of unbranched alkanes of at least 4 members (excludes halogenated alkanes) is 1. The number of hydrogen-bond acceptors (Lipinski definition) is 5. The van der Waals surface area contributed by atoms with Crippen molar-refractivity contribution in [2.45, 2.75) is 53.1 Å². The number of hydrogen-bond donors (Lipinski definition) is 1. The second-order valence-electron chi connectivity index (χ2n) is 7.59. The van der Waals surface area contributed by atoms with Crippen molar-refractivity contribution >= 4 is 27.5 Å². The number of carbonyl (C=O) groups excluding carboxylic acids is 1. The molecule has 7 heteroatoms. The predicted octanol–water partition coefficient (Wildman–Crippen LogP) is 4.60. The predicted molar refractivity (Wildman–Crippen MR) is 119 cm³/mol. The molecule has 1 aliphatic rings. The molecule has 0 bridgehead atoms. The van der Waals surface area contributed by atoms with Crippen LogP contribution in [0.5, 0.6) is 0 Å². The van der Waals surface area contributed by atoms with Crippen LogP contribution >= 0.6 is 11.8 Å². The molecule has 0 atom stereocenters. The van der Waals surface area contributed by atoms with Crippen molar-refractivity contribution in [1.82, 2.24) is 5.32 Å². The second kappa shape index (κ2) is 10.1. The molecule has 1 saturated carbocycles. The van der Waals surface area contributed by atoms with E-state index < -0.39 is 9.84 Å². The van der Waals surface area contributed by atoms with Gasteiger partial charge in [0.15, 0.2) is 9.84 Å². The van der Waals surface area contributed by atoms with E-state index in [1.807, 2.05) is 36.0 Å². The number of nitriles is 1. The van der Waals surface area contributed by atoms with Gasteiger partial charge >= 0.3 is 0 Å². The Morgan fingerprint density at radius 2 is 1.73 bits per heavy atom. The van der Waals surface area contributed by atoms with Crippen LogP contribution in [-0.4, -0.2) is 31.4 Å². The first-order chi connectivity index (χ1) is 14.4. The lowest BCUT2D eigenvalue weighted by Crippen LogP contribution is -2.38. The first kappa shape index (κ1) is 22.4. The number of sulfone groups is 1. The maximum atomic E-state index is 12.7. The van der Waals surface area contributed by atoms with Crippen molar-refractivity contribution in [2.75, 3.05) is 12.3 Å². The normalized spacial score (nSPS) is 15.4. The van der Waals surface area contributed by atoms with E-state index in [0.717, 1.165) is 25.7 Å². The Balaban J connectivity index is 1.62. The molecule has 158 valence electrons. The van der Waals surface area contributed by atoms with Crippen molar-refractivity contribution < 1.29 is 13.2 Å². The Morgan fingerprint density at radius 3 is 2.37 bits per heavy atom. The number of carbonyl (C=O) groups is 1. The molecule has 0 radical (unpaired) electrons. The zero-order valence-electron chi connectivity index (χ0n) is 16.8. The van der Waals surface area contributed by atoms with Crippen molar-refractivity contribution in [3.63, 3.8) is 0 Å². The summed E-state index contributed by atoms with van der Waals surface area (Å²) < 4.78 is 24.6. The summed E-state index contributed by atoms with van der Waals surface area (Å²) in [6.07, 6.45) is 4.96. The third-order valence-corrected chi connectivity index (χ3v) is 8.65. The molecule has 2 aromatic rings. The molecule has 1 aliphatic carbocycles. The van der Waals surface area contributed by atoms with E-state index in [0.29, 0.717) is 18.5 Å². The van der Waals surface area contributed by atoms with Gasteiger partial charge in [-0.25, -0.2) is 8.42 Å². The van der Waals surface area contributed by atoms with Crippen LogP contribution in [0.4, 0.5) is 0 Å². The average molecular weight is 443 g/mol. The van der Waals surface area contributed by atoms with Gasteiger partial charge in [0, 0.05) is 28.2 Å². The number of amides is 1. The second-order valence-corrected chi connectivity index (χ2v) is 11.2. The summed E-state index contributed by atoms with van der Waals surface area (Å²) in [5.74, 6) is -0.255. The van der Waals surface area contributed by atoms with Crippen molar-refractivity contribution in [1.29, 1.82) is 5.26 Å². The van der Waals surface area contributed by atoms with E-state index in [-0.39, 0.29) is 27.7 Å². The van der Waals surface area contributed by atoms with Gasteiger partial charge in [0.1, 0.15) is 0 Å². The lowest BCUT2D eigenvalue weighted by atomic mass is 10.1. The molecule has 0 aliphatic heterocycles. The van der Waals surface area contributed by atoms with E-state index in [2.05, 4.69) is 17.4 Å². The lowest BCUT2D eigenvalue weighted by Gasteiger charge is -2.28. The van der Waals surface area contributed by atoms with Gasteiger partial charge in [0.05, 0.1) is 16.7 Å². The third kappa shape index (κ3) is 5.87. The molecule has 2 aromatic carbocycles. The summed E-state index contributed by atoms with van der Waals surface area (Å²) in [4.78, 5) is 14.1. The molecule has 1 amide bonds. The Morgan fingerprint density at radius 1 is 1.07 bits per heavy atom. The van der Waals surface area contributed by atoms with Gasteiger partial charge < -0.3 is 5.32 Å². The summed E-state index contributed by atoms with van der Waals surface area (Å²) in [6, 6.07) is 18.3. The summed E-state index contributed by atoms with van der Waals surface area (Å²) in [5, 5.41) is 11.6. The molecule has 0 heterocycles. The number of rotatable bonds is 9. The maximum absolute atomic E-state index is 12.7. The SMILES string of the molecule is N#CCCCS(=O)(=O)c1ccc(C(=O)NCC2(Sc3ccccc3)CCCC2)cc1. The standard InChI is InChI=1S/C23H26N2O3S2/c24-16-6-7-17-30(27,28)21-12-10-19(11-13-21)22(26)25-18-23(14-4-5-15-23)29-20-8-2-1-3-9-20/h1-3,8-13H,4-7,14-15,17-18H2,(H,25,26). The summed E-state index contributed by atoms with van der Waals surface area (Å²) in [7, 11) is -3.43. The van der Waals surface area contributed by atoms with Crippen LogP contribution in [0, 0.1) is 11.3 Å². The Bertz CT molecular complexity index is 991. The van der Waals surface area contributed by atoms with E-state index in [1.165, 1.54) is 17.0 Å². The fraction of sp³-hybridized carbons (Fsp3) is 0.391. The van der Waals surface area contributed by atoms with Crippen molar-refractivity contribution in [3.8, 4) is 6.07 Å². The monoisotopic (exact) mass is 442 g/mol. The topological polar surface area (TPSA) is 87.0 Å². The minimum atomic E-state index is -3.43. The summed E-state index contributed by atoms with van der Waals surface area (Å²) >= 11 is 1.83. The van der Waals surface area contributed by atoms with Crippen molar-refractivity contribution in [3.05, 3.63) is 60.2 Å². The molecular weight excluding hydrogens is 416 g/mol. The Labute approximate surface area is 182 Å². The zero-order chi connectivity index (χ0) is 21.5. The molecular formula is C23H26N2O3S2. The molecule has 0 saturated heterocycles. The van der Waals surface area contributed by atoms with Gasteiger partial charge in [0.2, 0.25) is 0 Å². The minimum absolute atomic E-state index is 0.00103. The first-order valence-corrected chi connectivity index (χ1v) is 12.6. The molecule has 5 nitrogen and oxygen atoms in total. The molecule has 1 fully saturated rings. The molecule has 3 rings (SSSR count). The highest BCUT2D eigenvalue weighted by Crippen LogP contribution is 2.44. The van der Waals surface area contributed by atoms with Crippen LogP contribution < -0.4 is 5.32 Å². The summed E-state index contributed by atoms with van der Waals surface area (Å²) in [5.41, 5.74) is 0.448. The molecule has 0 aromatic heterocycles. The van der Waals surface area contributed by atoms with E-state index in [9.17, 15) is 13.2 Å². The van der Waals surface area contributed by atoms with Gasteiger partial charge in [-0.05, 0) is 55.7 Å².